The second-order valence-electron chi connectivity index (χ2n) is 7.13. The first-order valence-electron chi connectivity index (χ1n) is 9.69. The van der Waals surface area contributed by atoms with E-state index >= 15 is 0 Å². The first-order chi connectivity index (χ1) is 14.6. The third-order valence-corrected chi connectivity index (χ3v) is 6.56. The maximum atomic E-state index is 13.0. The predicted molar refractivity (Wildman–Crippen MR) is 121 cm³/mol. The molecule has 0 saturated carbocycles. The van der Waals surface area contributed by atoms with Crippen LogP contribution in [0.5, 0.6) is 0 Å². The van der Waals surface area contributed by atoms with E-state index in [1.165, 1.54) is 17.3 Å². The van der Waals surface area contributed by atoms with Gasteiger partial charge in [-0.05, 0) is 11.1 Å². The lowest BCUT2D eigenvalue weighted by molar-refractivity contribution is 0.0592. The third-order valence-electron chi connectivity index (χ3n) is 5.32. The molecule has 0 aliphatic carbocycles. The molecule has 0 atom stereocenters. The van der Waals surface area contributed by atoms with Gasteiger partial charge in [0.15, 0.2) is 0 Å². The third kappa shape index (κ3) is 4.33. The molecule has 0 unspecified atom stereocenters. The number of hydrogen-bond donors (Lipinski definition) is 0. The standard InChI is InChI=1S/C23H20Cl3N3O/c24-18-15-27-21(20(26)19(18)25)23(30)29-13-11-28(12-14-29)22(16-7-3-1-4-8-16)17-9-5-2-6-10-17/h1-10,15,22H,11-14H2. The minimum atomic E-state index is -0.228. The lowest BCUT2D eigenvalue weighted by atomic mass is 9.96. The number of rotatable bonds is 4. The Morgan fingerprint density at radius 3 is 1.87 bits per heavy atom. The van der Waals surface area contributed by atoms with Crippen molar-refractivity contribution in [2.24, 2.45) is 0 Å². The number of amides is 1. The van der Waals surface area contributed by atoms with Crippen LogP contribution < -0.4 is 0 Å². The highest BCUT2D eigenvalue weighted by Gasteiger charge is 2.30. The largest absolute Gasteiger partial charge is 0.335 e. The summed E-state index contributed by atoms with van der Waals surface area (Å²) in [5.41, 5.74) is 2.61. The lowest BCUT2D eigenvalue weighted by Gasteiger charge is -2.39. The summed E-state index contributed by atoms with van der Waals surface area (Å²) in [7, 11) is 0. The van der Waals surface area contributed by atoms with Gasteiger partial charge in [-0.1, -0.05) is 95.5 Å². The Labute approximate surface area is 191 Å². The molecular formula is C23H20Cl3N3O. The zero-order valence-corrected chi connectivity index (χ0v) is 18.4. The van der Waals surface area contributed by atoms with E-state index in [1.54, 1.807) is 4.90 Å². The second kappa shape index (κ2) is 9.36. The highest BCUT2D eigenvalue weighted by Crippen LogP contribution is 2.33. The molecule has 0 N–H and O–H groups in total. The fourth-order valence-electron chi connectivity index (χ4n) is 3.81. The van der Waals surface area contributed by atoms with Gasteiger partial charge in [0.1, 0.15) is 5.69 Å². The number of pyridine rings is 1. The Bertz CT molecular complexity index is 983. The second-order valence-corrected chi connectivity index (χ2v) is 8.30. The lowest BCUT2D eigenvalue weighted by Crippen LogP contribution is -2.50. The minimum absolute atomic E-state index is 0.100. The molecule has 3 aromatic rings. The topological polar surface area (TPSA) is 36.4 Å². The number of hydrogen-bond acceptors (Lipinski definition) is 3. The number of benzene rings is 2. The SMILES string of the molecule is O=C(c1ncc(Cl)c(Cl)c1Cl)N1CCN(C(c2ccccc2)c2ccccc2)CC1. The van der Waals surface area contributed by atoms with Crippen molar-refractivity contribution in [3.05, 3.63) is 98.7 Å². The molecule has 4 rings (SSSR count). The summed E-state index contributed by atoms with van der Waals surface area (Å²) in [5.74, 6) is -0.228. The van der Waals surface area contributed by atoms with Gasteiger partial charge >= 0.3 is 0 Å². The van der Waals surface area contributed by atoms with Gasteiger partial charge in [-0.3, -0.25) is 9.69 Å². The Morgan fingerprint density at radius 1 is 0.800 bits per heavy atom. The summed E-state index contributed by atoms with van der Waals surface area (Å²) in [5, 5.41) is 0.489. The first-order valence-corrected chi connectivity index (χ1v) is 10.8. The van der Waals surface area contributed by atoms with Crippen LogP contribution in [-0.4, -0.2) is 46.9 Å². The molecule has 1 fully saturated rings. The molecule has 0 bridgehead atoms. The van der Waals surface area contributed by atoms with E-state index in [0.29, 0.717) is 13.1 Å². The van der Waals surface area contributed by atoms with E-state index in [9.17, 15) is 4.79 Å². The Kier molecular flexibility index (Phi) is 6.59. The van der Waals surface area contributed by atoms with E-state index in [4.69, 9.17) is 34.8 Å². The maximum absolute atomic E-state index is 13.0. The highest BCUT2D eigenvalue weighted by atomic mass is 35.5. The van der Waals surface area contributed by atoms with Crippen molar-refractivity contribution in [2.75, 3.05) is 26.2 Å². The quantitative estimate of drug-likeness (QED) is 0.509. The fraction of sp³-hybridized carbons (Fsp3) is 0.217. The molecule has 4 nitrogen and oxygen atoms in total. The number of carbonyl (C=O) groups is 1. The van der Waals surface area contributed by atoms with Crippen LogP contribution in [0, 0.1) is 0 Å². The molecule has 0 spiro atoms. The van der Waals surface area contributed by atoms with Crippen LogP contribution in [0.3, 0.4) is 0 Å². The van der Waals surface area contributed by atoms with Crippen molar-refractivity contribution in [1.29, 1.82) is 0 Å². The summed E-state index contributed by atoms with van der Waals surface area (Å²) in [6.45, 7) is 2.62. The summed E-state index contributed by atoms with van der Waals surface area (Å²) in [6, 6.07) is 21.0. The zero-order valence-electron chi connectivity index (χ0n) is 16.1. The molecule has 30 heavy (non-hydrogen) atoms. The van der Waals surface area contributed by atoms with Gasteiger partial charge < -0.3 is 4.90 Å². The molecule has 154 valence electrons. The monoisotopic (exact) mass is 459 g/mol. The smallest absolute Gasteiger partial charge is 0.274 e. The van der Waals surface area contributed by atoms with E-state index in [1.807, 2.05) is 12.1 Å². The van der Waals surface area contributed by atoms with Crippen LogP contribution in [0.25, 0.3) is 0 Å². The number of halogens is 3. The van der Waals surface area contributed by atoms with Crippen LogP contribution >= 0.6 is 34.8 Å². The van der Waals surface area contributed by atoms with Crippen LogP contribution in [0.15, 0.2) is 66.9 Å². The van der Waals surface area contributed by atoms with Crippen molar-refractivity contribution < 1.29 is 4.79 Å². The molecule has 1 amide bonds. The average molecular weight is 461 g/mol. The summed E-state index contributed by atoms with van der Waals surface area (Å²) in [6.07, 6.45) is 1.36. The van der Waals surface area contributed by atoms with Gasteiger partial charge in [0.05, 0.1) is 21.1 Å². The fourth-order valence-corrected chi connectivity index (χ4v) is 4.37. The average Bonchev–Trinajstić information content (AvgIpc) is 2.79. The zero-order chi connectivity index (χ0) is 21.1. The minimum Gasteiger partial charge on any atom is -0.335 e. The van der Waals surface area contributed by atoms with Crippen LogP contribution in [0.2, 0.25) is 15.1 Å². The summed E-state index contributed by atoms with van der Waals surface area (Å²) < 4.78 is 0. The molecule has 1 aliphatic rings. The van der Waals surface area contributed by atoms with E-state index < -0.39 is 0 Å². The summed E-state index contributed by atoms with van der Waals surface area (Å²) in [4.78, 5) is 21.2. The Morgan fingerprint density at radius 2 is 1.33 bits per heavy atom. The number of piperazine rings is 1. The number of carbonyl (C=O) groups excluding carboxylic acids is 1. The number of aromatic nitrogens is 1. The van der Waals surface area contributed by atoms with Crippen molar-refractivity contribution >= 4 is 40.7 Å². The molecule has 7 heteroatoms. The molecule has 0 radical (unpaired) electrons. The van der Waals surface area contributed by atoms with Crippen molar-refractivity contribution in [2.45, 2.75) is 6.04 Å². The predicted octanol–water partition coefficient (Wildman–Crippen LogP) is 5.59. The van der Waals surface area contributed by atoms with E-state index in [-0.39, 0.29) is 32.7 Å². The van der Waals surface area contributed by atoms with Gasteiger partial charge in [0, 0.05) is 32.4 Å². The molecule has 2 heterocycles. The molecule has 1 aliphatic heterocycles. The van der Waals surface area contributed by atoms with Gasteiger partial charge in [-0.15, -0.1) is 0 Å². The van der Waals surface area contributed by atoms with Gasteiger partial charge in [0.25, 0.3) is 5.91 Å². The van der Waals surface area contributed by atoms with Crippen molar-refractivity contribution in [3.63, 3.8) is 0 Å². The number of nitrogens with zero attached hydrogens (tertiary/aromatic N) is 3. The molecule has 2 aromatic carbocycles. The van der Waals surface area contributed by atoms with Crippen LogP contribution in [-0.2, 0) is 0 Å². The maximum Gasteiger partial charge on any atom is 0.274 e. The molecular weight excluding hydrogens is 441 g/mol. The Hall–Kier alpha value is -2.11. The van der Waals surface area contributed by atoms with E-state index in [0.717, 1.165) is 13.1 Å². The Balaban J connectivity index is 1.53. The molecule has 1 aromatic heterocycles. The molecule has 1 saturated heterocycles. The van der Waals surface area contributed by atoms with Gasteiger partial charge in [0.2, 0.25) is 0 Å². The van der Waals surface area contributed by atoms with Crippen molar-refractivity contribution in [3.8, 4) is 0 Å². The van der Waals surface area contributed by atoms with Gasteiger partial charge in [-0.25, -0.2) is 4.98 Å². The summed E-state index contributed by atoms with van der Waals surface area (Å²) >= 11 is 18.2. The van der Waals surface area contributed by atoms with E-state index in [2.05, 4.69) is 58.4 Å². The normalized spacial score (nSPS) is 14.9. The highest BCUT2D eigenvalue weighted by molar-refractivity contribution is 6.48. The van der Waals surface area contributed by atoms with Crippen LogP contribution in [0.1, 0.15) is 27.7 Å². The van der Waals surface area contributed by atoms with Crippen molar-refractivity contribution in [1.82, 2.24) is 14.8 Å². The van der Waals surface area contributed by atoms with Gasteiger partial charge in [-0.2, -0.15) is 0 Å². The first kappa shape index (κ1) is 21.1. The van der Waals surface area contributed by atoms with Crippen LogP contribution in [0.4, 0.5) is 0 Å².